The fourth-order valence-corrected chi connectivity index (χ4v) is 2.82. The van der Waals surface area contributed by atoms with Crippen LogP contribution in [0.2, 0.25) is 5.02 Å². The van der Waals surface area contributed by atoms with Crippen LogP contribution in [0.3, 0.4) is 0 Å². The lowest BCUT2D eigenvalue weighted by atomic mass is 10.1. The number of likely N-dealkylation sites (N-methyl/N-ethyl adjacent to an activating group) is 1. The second-order valence-electron chi connectivity index (χ2n) is 6.09. The zero-order valence-electron chi connectivity index (χ0n) is 15.6. The van der Waals surface area contributed by atoms with E-state index in [1.807, 2.05) is 6.07 Å². The molecule has 1 N–H and O–H groups in total. The predicted octanol–water partition coefficient (Wildman–Crippen LogP) is 4.45. The molecular weight excluding hydrogens is 397 g/mol. The summed E-state index contributed by atoms with van der Waals surface area (Å²) in [5.74, 6) is 0.800. The van der Waals surface area contributed by atoms with Crippen molar-refractivity contribution in [2.24, 2.45) is 0 Å². The molecule has 2 aromatic rings. The van der Waals surface area contributed by atoms with E-state index in [-0.39, 0.29) is 12.2 Å². The lowest BCUT2D eigenvalue weighted by molar-refractivity contribution is -0.137. The highest BCUT2D eigenvalue weighted by atomic mass is 35.5. The summed E-state index contributed by atoms with van der Waals surface area (Å²) in [6.07, 6.45) is -4.60. The summed E-state index contributed by atoms with van der Waals surface area (Å²) in [5, 5.41) is 2.03. The molecule has 9 heteroatoms. The monoisotopic (exact) mass is 416 g/mol. The van der Waals surface area contributed by atoms with Crippen molar-refractivity contribution in [3.05, 3.63) is 52.5 Å². The predicted molar refractivity (Wildman–Crippen MR) is 101 cm³/mol. The van der Waals surface area contributed by atoms with Gasteiger partial charge in [0.2, 0.25) is 5.91 Å². The van der Waals surface area contributed by atoms with Crippen molar-refractivity contribution in [3.63, 3.8) is 0 Å². The van der Waals surface area contributed by atoms with Crippen LogP contribution in [0.25, 0.3) is 0 Å². The zero-order chi connectivity index (χ0) is 20.9. The fourth-order valence-electron chi connectivity index (χ4n) is 2.60. The summed E-state index contributed by atoms with van der Waals surface area (Å²) >= 11 is 5.58. The first-order valence-corrected chi connectivity index (χ1v) is 8.58. The Bertz CT molecular complexity index is 844. The average Bonchev–Trinajstić information content (AvgIpc) is 2.62. The largest absolute Gasteiger partial charge is 0.497 e. The molecule has 5 nitrogen and oxygen atoms in total. The van der Waals surface area contributed by atoms with Gasteiger partial charge in [0, 0.05) is 23.9 Å². The highest BCUT2D eigenvalue weighted by molar-refractivity contribution is 6.31. The van der Waals surface area contributed by atoms with E-state index in [9.17, 15) is 18.0 Å². The fraction of sp³-hybridized carbons (Fsp3) is 0.316. The van der Waals surface area contributed by atoms with Gasteiger partial charge in [-0.05, 0) is 31.3 Å². The van der Waals surface area contributed by atoms with Gasteiger partial charge >= 0.3 is 6.18 Å². The SMILES string of the molecule is COc1ccc(CN(C)CC(=O)Nc2ccc(Cl)c(C(F)(F)F)c2)c(OC)c1. The van der Waals surface area contributed by atoms with E-state index in [4.69, 9.17) is 21.1 Å². The number of hydrogen-bond donors (Lipinski definition) is 1. The highest BCUT2D eigenvalue weighted by Crippen LogP contribution is 2.36. The molecule has 2 aromatic carbocycles. The van der Waals surface area contributed by atoms with Gasteiger partial charge < -0.3 is 14.8 Å². The van der Waals surface area contributed by atoms with Crippen molar-refractivity contribution in [2.45, 2.75) is 12.7 Å². The second kappa shape index (κ2) is 9.16. The maximum Gasteiger partial charge on any atom is 0.417 e. The first-order chi connectivity index (χ1) is 13.1. The molecular formula is C19H20ClF3N2O3. The summed E-state index contributed by atoms with van der Waals surface area (Å²) in [5.41, 5.74) is -0.134. The number of ether oxygens (including phenoxy) is 2. The van der Waals surface area contributed by atoms with Crippen molar-refractivity contribution in [1.82, 2.24) is 4.90 Å². The number of halogens is 4. The second-order valence-corrected chi connectivity index (χ2v) is 6.50. The standard InChI is InChI=1S/C19H20ClF3N2O3/c1-25(10-12-4-6-14(27-2)9-17(12)28-3)11-18(26)24-13-5-7-16(20)15(8-13)19(21,22)23/h4-9H,10-11H2,1-3H3,(H,24,26). The van der Waals surface area contributed by atoms with Crippen molar-refractivity contribution < 1.29 is 27.4 Å². The van der Waals surface area contributed by atoms with Crippen LogP contribution in [-0.2, 0) is 17.5 Å². The Labute approximate surface area is 166 Å². The molecule has 2 rings (SSSR count). The van der Waals surface area contributed by atoms with Crippen molar-refractivity contribution in [2.75, 3.05) is 33.1 Å². The number of carbonyl (C=O) groups excluding carboxylic acids is 1. The molecule has 0 heterocycles. The summed E-state index contributed by atoms with van der Waals surface area (Å²) in [7, 11) is 4.79. The quantitative estimate of drug-likeness (QED) is 0.724. The van der Waals surface area contributed by atoms with E-state index in [0.29, 0.717) is 18.0 Å². The molecule has 0 spiro atoms. The van der Waals surface area contributed by atoms with E-state index in [1.54, 1.807) is 31.2 Å². The normalized spacial score (nSPS) is 11.4. The van der Waals surface area contributed by atoms with Gasteiger partial charge in [-0.15, -0.1) is 0 Å². The van der Waals surface area contributed by atoms with Gasteiger partial charge in [-0.3, -0.25) is 9.69 Å². The Morgan fingerprint density at radius 2 is 1.86 bits per heavy atom. The summed E-state index contributed by atoms with van der Waals surface area (Å²) < 4.78 is 49.2. The molecule has 0 aromatic heterocycles. The van der Waals surface area contributed by atoms with Crippen LogP contribution in [0.15, 0.2) is 36.4 Å². The summed E-state index contributed by atoms with van der Waals surface area (Å²) in [4.78, 5) is 13.9. The van der Waals surface area contributed by atoms with Crippen LogP contribution >= 0.6 is 11.6 Å². The molecule has 0 saturated carbocycles. The van der Waals surface area contributed by atoms with Crippen LogP contribution in [0, 0.1) is 0 Å². The lowest BCUT2D eigenvalue weighted by Gasteiger charge is -2.19. The molecule has 0 aliphatic carbocycles. The van der Waals surface area contributed by atoms with Gasteiger partial charge in [-0.1, -0.05) is 17.7 Å². The Morgan fingerprint density at radius 1 is 1.14 bits per heavy atom. The van der Waals surface area contributed by atoms with E-state index >= 15 is 0 Å². The number of alkyl halides is 3. The summed E-state index contributed by atoms with van der Waals surface area (Å²) in [6.45, 7) is 0.369. The number of hydrogen-bond acceptors (Lipinski definition) is 4. The molecule has 0 aliphatic rings. The van der Waals surface area contributed by atoms with Gasteiger partial charge in [0.1, 0.15) is 11.5 Å². The molecule has 1 amide bonds. The van der Waals surface area contributed by atoms with Crippen LogP contribution in [0.4, 0.5) is 18.9 Å². The van der Waals surface area contributed by atoms with E-state index in [0.717, 1.165) is 17.7 Å². The Hall–Kier alpha value is -2.45. The van der Waals surface area contributed by atoms with Crippen LogP contribution in [0.5, 0.6) is 11.5 Å². The number of anilines is 1. The minimum absolute atomic E-state index is 0.0251. The van der Waals surface area contributed by atoms with E-state index < -0.39 is 22.7 Å². The molecule has 0 saturated heterocycles. The third kappa shape index (κ3) is 5.77. The van der Waals surface area contributed by atoms with E-state index in [2.05, 4.69) is 5.32 Å². The van der Waals surface area contributed by atoms with Gasteiger partial charge in [0.05, 0.1) is 31.4 Å². The van der Waals surface area contributed by atoms with Crippen molar-refractivity contribution >= 4 is 23.2 Å². The third-order valence-electron chi connectivity index (χ3n) is 3.90. The maximum atomic E-state index is 12.9. The topological polar surface area (TPSA) is 50.8 Å². The van der Waals surface area contributed by atoms with Crippen LogP contribution in [-0.4, -0.2) is 38.6 Å². The Balaban J connectivity index is 2.02. The smallest absolute Gasteiger partial charge is 0.417 e. The number of carbonyl (C=O) groups is 1. The van der Waals surface area contributed by atoms with Crippen molar-refractivity contribution in [1.29, 1.82) is 0 Å². The maximum absolute atomic E-state index is 12.9. The molecule has 0 bridgehead atoms. The number of methoxy groups -OCH3 is 2. The first kappa shape index (κ1) is 21.8. The van der Waals surface area contributed by atoms with Crippen LogP contribution < -0.4 is 14.8 Å². The molecule has 0 aliphatic heterocycles. The van der Waals surface area contributed by atoms with Gasteiger partial charge in [-0.2, -0.15) is 13.2 Å². The molecule has 0 radical (unpaired) electrons. The molecule has 0 unspecified atom stereocenters. The number of nitrogens with one attached hydrogen (secondary N) is 1. The molecule has 0 atom stereocenters. The number of benzene rings is 2. The van der Waals surface area contributed by atoms with Crippen molar-refractivity contribution in [3.8, 4) is 11.5 Å². The number of rotatable bonds is 7. The Kier molecular flexibility index (Phi) is 7.15. The van der Waals surface area contributed by atoms with Gasteiger partial charge in [0.15, 0.2) is 0 Å². The van der Waals surface area contributed by atoms with Gasteiger partial charge in [0.25, 0.3) is 0 Å². The van der Waals surface area contributed by atoms with Gasteiger partial charge in [-0.25, -0.2) is 0 Å². The minimum atomic E-state index is -4.60. The van der Waals surface area contributed by atoms with Crippen LogP contribution in [0.1, 0.15) is 11.1 Å². The number of amides is 1. The lowest BCUT2D eigenvalue weighted by Crippen LogP contribution is -2.30. The number of nitrogens with zero attached hydrogens (tertiary/aromatic N) is 1. The zero-order valence-corrected chi connectivity index (χ0v) is 16.3. The molecule has 28 heavy (non-hydrogen) atoms. The minimum Gasteiger partial charge on any atom is -0.497 e. The third-order valence-corrected chi connectivity index (χ3v) is 4.23. The highest BCUT2D eigenvalue weighted by Gasteiger charge is 2.33. The average molecular weight is 417 g/mol. The summed E-state index contributed by atoms with van der Waals surface area (Å²) in [6, 6.07) is 8.56. The molecule has 0 fully saturated rings. The Morgan fingerprint density at radius 3 is 2.46 bits per heavy atom. The molecule has 152 valence electrons. The first-order valence-electron chi connectivity index (χ1n) is 8.20. The van der Waals surface area contributed by atoms with E-state index in [1.165, 1.54) is 13.2 Å².